The number of unbranched alkanes of at least 4 members (excludes halogenated alkanes) is 2. The first-order valence-electron chi connectivity index (χ1n) is 17.9. The molecule has 54 heavy (non-hydrogen) atoms. The van der Waals surface area contributed by atoms with Gasteiger partial charge in [-0.05, 0) is 50.3 Å². The highest BCUT2D eigenvalue weighted by Gasteiger charge is 2.45. The van der Waals surface area contributed by atoms with Gasteiger partial charge in [-0.2, -0.15) is 0 Å². The van der Waals surface area contributed by atoms with Crippen LogP contribution in [0.15, 0.2) is 41.2 Å². The van der Waals surface area contributed by atoms with E-state index in [-0.39, 0.29) is 78.5 Å². The topological polar surface area (TPSA) is 206 Å². The Morgan fingerprint density at radius 3 is 2.39 bits per heavy atom. The number of carbonyl (C=O) groups is 6. The SMILES string of the molecule is CC[C@@]1(O)C(=O)OCc2c1cc1n(c2=O)Cc2cc3cc(NC(=O)[C@H](C)NC(=O)[C@@H](NC(=O)CCCCCN4C(=O)C=CC4=O)C(C)C)c(F)cc3nc2-1. The number of halogens is 1. The van der Waals surface area contributed by atoms with Crippen molar-refractivity contribution in [1.29, 1.82) is 0 Å². The third-order valence-electron chi connectivity index (χ3n) is 10.1. The van der Waals surface area contributed by atoms with E-state index in [1.54, 1.807) is 32.9 Å². The summed E-state index contributed by atoms with van der Waals surface area (Å²) in [7, 11) is 0. The molecule has 3 aliphatic heterocycles. The van der Waals surface area contributed by atoms with Crippen LogP contribution in [0, 0.1) is 11.7 Å². The lowest BCUT2D eigenvalue weighted by molar-refractivity contribution is -0.172. The van der Waals surface area contributed by atoms with Crippen molar-refractivity contribution in [1.82, 2.24) is 25.1 Å². The van der Waals surface area contributed by atoms with E-state index in [2.05, 4.69) is 20.9 Å². The number of aromatic nitrogens is 2. The van der Waals surface area contributed by atoms with Crippen LogP contribution in [0.4, 0.5) is 10.1 Å². The molecule has 0 spiro atoms. The Balaban J connectivity index is 1.08. The molecule has 6 rings (SSSR count). The van der Waals surface area contributed by atoms with Crippen molar-refractivity contribution >= 4 is 52.1 Å². The molecule has 0 unspecified atom stereocenters. The van der Waals surface area contributed by atoms with Gasteiger partial charge in [0.15, 0.2) is 5.60 Å². The molecular formula is C38H41FN6O9. The highest BCUT2D eigenvalue weighted by atomic mass is 19.1. The molecule has 2 aromatic heterocycles. The number of ether oxygens (including phenoxy) is 1. The number of fused-ring (bicyclic) bond motifs is 5. The Kier molecular flexibility index (Phi) is 10.5. The molecule has 4 N–H and O–H groups in total. The first-order chi connectivity index (χ1) is 25.6. The van der Waals surface area contributed by atoms with Crippen LogP contribution in [0.3, 0.4) is 0 Å². The Bertz CT molecular complexity index is 2180. The number of imide groups is 1. The summed E-state index contributed by atoms with van der Waals surface area (Å²) in [6.07, 6.45) is 4.15. The first-order valence-corrected chi connectivity index (χ1v) is 17.9. The van der Waals surface area contributed by atoms with Crippen LogP contribution in [0.25, 0.3) is 22.3 Å². The van der Waals surface area contributed by atoms with E-state index in [0.29, 0.717) is 41.6 Å². The predicted octanol–water partition coefficient (Wildman–Crippen LogP) is 2.29. The Hall–Kier alpha value is -5.77. The van der Waals surface area contributed by atoms with E-state index in [9.17, 15) is 38.7 Å². The van der Waals surface area contributed by atoms with E-state index in [1.165, 1.54) is 29.7 Å². The third kappa shape index (κ3) is 7.12. The highest BCUT2D eigenvalue weighted by Crippen LogP contribution is 2.39. The summed E-state index contributed by atoms with van der Waals surface area (Å²) >= 11 is 0. The number of nitrogens with zero attached hydrogens (tertiary/aromatic N) is 3. The van der Waals surface area contributed by atoms with Gasteiger partial charge in [-0.15, -0.1) is 0 Å². The highest BCUT2D eigenvalue weighted by molar-refractivity contribution is 6.12. The Morgan fingerprint density at radius 2 is 1.70 bits per heavy atom. The van der Waals surface area contributed by atoms with Gasteiger partial charge in [-0.25, -0.2) is 14.2 Å². The van der Waals surface area contributed by atoms with Crippen molar-refractivity contribution in [2.75, 3.05) is 11.9 Å². The molecule has 3 aromatic rings. The molecule has 3 aliphatic rings. The smallest absolute Gasteiger partial charge is 0.343 e. The van der Waals surface area contributed by atoms with Crippen LogP contribution in [-0.2, 0) is 52.3 Å². The zero-order valence-electron chi connectivity index (χ0n) is 30.3. The number of aliphatic hydroxyl groups is 1. The summed E-state index contributed by atoms with van der Waals surface area (Å²) in [6.45, 7) is 6.65. The number of esters is 1. The number of cyclic esters (lactones) is 1. The fourth-order valence-corrected chi connectivity index (χ4v) is 6.88. The van der Waals surface area contributed by atoms with Gasteiger partial charge in [0.2, 0.25) is 17.7 Å². The van der Waals surface area contributed by atoms with E-state index in [0.717, 1.165) is 11.0 Å². The Labute approximate surface area is 308 Å². The van der Waals surface area contributed by atoms with E-state index in [4.69, 9.17) is 4.74 Å². The van der Waals surface area contributed by atoms with Gasteiger partial charge >= 0.3 is 5.97 Å². The van der Waals surface area contributed by atoms with Crippen LogP contribution in [0.2, 0.25) is 0 Å². The molecule has 0 bridgehead atoms. The molecule has 15 nitrogen and oxygen atoms in total. The lowest BCUT2D eigenvalue weighted by Gasteiger charge is -2.31. The molecule has 16 heteroatoms. The molecule has 5 heterocycles. The summed E-state index contributed by atoms with van der Waals surface area (Å²) in [5, 5.41) is 19.4. The van der Waals surface area contributed by atoms with Crippen LogP contribution in [0.5, 0.6) is 0 Å². The molecule has 0 radical (unpaired) electrons. The van der Waals surface area contributed by atoms with Crippen LogP contribution < -0.4 is 21.5 Å². The monoisotopic (exact) mass is 744 g/mol. The second kappa shape index (κ2) is 14.9. The van der Waals surface area contributed by atoms with Crippen molar-refractivity contribution in [2.45, 2.75) is 90.6 Å². The van der Waals surface area contributed by atoms with Crippen LogP contribution in [0.1, 0.15) is 76.5 Å². The quantitative estimate of drug-likeness (QED) is 0.0893. The normalized spacial score (nSPS) is 18.3. The third-order valence-corrected chi connectivity index (χ3v) is 10.1. The zero-order valence-corrected chi connectivity index (χ0v) is 30.3. The summed E-state index contributed by atoms with van der Waals surface area (Å²) in [5.41, 5.74) is -0.599. The minimum Gasteiger partial charge on any atom is -0.458 e. The van der Waals surface area contributed by atoms with Crippen molar-refractivity contribution < 1.29 is 43.0 Å². The second-order valence-corrected chi connectivity index (χ2v) is 14.1. The Morgan fingerprint density at radius 1 is 0.981 bits per heavy atom. The molecule has 0 aliphatic carbocycles. The maximum absolute atomic E-state index is 15.4. The van der Waals surface area contributed by atoms with E-state index >= 15 is 4.39 Å². The largest absolute Gasteiger partial charge is 0.458 e. The van der Waals surface area contributed by atoms with Gasteiger partial charge in [0, 0.05) is 47.7 Å². The summed E-state index contributed by atoms with van der Waals surface area (Å²) in [5.74, 6) is -4.34. The number of benzene rings is 1. The first kappa shape index (κ1) is 38.0. The fourth-order valence-electron chi connectivity index (χ4n) is 6.88. The molecule has 0 saturated carbocycles. The second-order valence-electron chi connectivity index (χ2n) is 14.1. The summed E-state index contributed by atoms with van der Waals surface area (Å²) in [4.78, 5) is 94.0. The van der Waals surface area contributed by atoms with Crippen LogP contribution in [-0.4, -0.2) is 73.7 Å². The standard InChI is InChI=1S/C38H41FN6O9/c1-5-38(53)24-15-28-33-22(17-45(28)36(51)23(24)18-54-37(38)52)13-21-14-27(25(39)16-26(21)41-33)42-34(49)20(4)40-35(50)32(19(2)3)43-29(46)9-7-6-8-12-44-30(47)10-11-31(44)48/h10-11,13-16,19-20,32,53H,5-9,12,17-18H2,1-4H3,(H,40,50)(H,42,49)(H,43,46)/t20-,32-,38-/m0/s1. The molecule has 5 amide bonds. The minimum absolute atomic E-state index is 0.00723. The van der Waals surface area contributed by atoms with Crippen molar-refractivity contribution in [3.63, 3.8) is 0 Å². The average molecular weight is 745 g/mol. The maximum Gasteiger partial charge on any atom is 0.343 e. The van der Waals surface area contributed by atoms with Gasteiger partial charge in [-0.3, -0.25) is 33.7 Å². The molecule has 3 atom stereocenters. The van der Waals surface area contributed by atoms with Crippen molar-refractivity contribution in [3.05, 3.63) is 69.3 Å². The van der Waals surface area contributed by atoms with E-state index < -0.39 is 46.8 Å². The van der Waals surface area contributed by atoms with Crippen LogP contribution >= 0.6 is 0 Å². The summed E-state index contributed by atoms with van der Waals surface area (Å²) in [6, 6.07) is 3.76. The van der Waals surface area contributed by atoms with Gasteiger partial charge in [0.25, 0.3) is 17.4 Å². The lowest BCUT2D eigenvalue weighted by atomic mass is 9.86. The molecular weight excluding hydrogens is 703 g/mol. The fraction of sp³-hybridized carbons (Fsp3) is 0.421. The number of nitrogens with one attached hydrogen (secondary N) is 3. The molecule has 0 saturated heterocycles. The van der Waals surface area contributed by atoms with Gasteiger partial charge in [-0.1, -0.05) is 27.2 Å². The lowest BCUT2D eigenvalue weighted by Crippen LogP contribution is -2.53. The molecule has 284 valence electrons. The minimum atomic E-state index is -1.98. The average Bonchev–Trinajstić information content (AvgIpc) is 3.65. The van der Waals surface area contributed by atoms with Crippen molar-refractivity contribution in [2.24, 2.45) is 5.92 Å². The van der Waals surface area contributed by atoms with Gasteiger partial charge in [0.1, 0.15) is 24.5 Å². The predicted molar refractivity (Wildman–Crippen MR) is 192 cm³/mol. The number of rotatable bonds is 13. The zero-order chi connectivity index (χ0) is 39.1. The number of hydrogen-bond acceptors (Lipinski definition) is 10. The molecule has 0 fully saturated rings. The van der Waals surface area contributed by atoms with E-state index in [1.807, 2.05) is 0 Å². The molecule has 1 aromatic carbocycles. The van der Waals surface area contributed by atoms with Gasteiger partial charge < -0.3 is 30.4 Å². The van der Waals surface area contributed by atoms with Crippen molar-refractivity contribution in [3.8, 4) is 11.4 Å². The number of amides is 5. The number of anilines is 1. The van der Waals surface area contributed by atoms with Gasteiger partial charge in [0.05, 0.1) is 34.7 Å². The number of carbonyl (C=O) groups excluding carboxylic acids is 6. The number of hydrogen-bond donors (Lipinski definition) is 4. The summed E-state index contributed by atoms with van der Waals surface area (Å²) < 4.78 is 22.0. The maximum atomic E-state index is 15.4. The number of pyridine rings is 2.